The van der Waals surface area contributed by atoms with Crippen molar-refractivity contribution in [2.24, 2.45) is 0 Å². The molecule has 2 aromatic rings. The van der Waals surface area contributed by atoms with Crippen molar-refractivity contribution < 1.29 is 4.79 Å². The SMILES string of the molecule is Cc1nc(C)n(C2CCCN(C(=O)CCCc3cccs3)C2)n1. The van der Waals surface area contributed by atoms with Gasteiger partial charge in [0.15, 0.2) is 0 Å². The van der Waals surface area contributed by atoms with Gasteiger partial charge in [-0.15, -0.1) is 11.3 Å². The molecule has 3 heterocycles. The lowest BCUT2D eigenvalue weighted by molar-refractivity contribution is -0.133. The molecule has 1 unspecified atom stereocenters. The summed E-state index contributed by atoms with van der Waals surface area (Å²) in [5.74, 6) is 2.03. The van der Waals surface area contributed by atoms with E-state index >= 15 is 0 Å². The molecule has 124 valence electrons. The van der Waals surface area contributed by atoms with E-state index in [9.17, 15) is 4.79 Å². The zero-order chi connectivity index (χ0) is 16.2. The number of likely N-dealkylation sites (tertiary alicyclic amines) is 1. The molecule has 1 saturated heterocycles. The highest BCUT2D eigenvalue weighted by atomic mass is 32.1. The molecule has 0 spiro atoms. The number of carbonyl (C=O) groups is 1. The van der Waals surface area contributed by atoms with E-state index in [2.05, 4.69) is 27.6 Å². The third-order valence-electron chi connectivity index (χ3n) is 4.40. The van der Waals surface area contributed by atoms with Crippen molar-refractivity contribution in [1.29, 1.82) is 0 Å². The smallest absolute Gasteiger partial charge is 0.222 e. The fraction of sp³-hybridized carbons (Fsp3) is 0.588. The van der Waals surface area contributed by atoms with E-state index in [0.717, 1.165) is 50.4 Å². The van der Waals surface area contributed by atoms with Crippen LogP contribution in [0.5, 0.6) is 0 Å². The van der Waals surface area contributed by atoms with Crippen LogP contribution in [0.4, 0.5) is 0 Å². The van der Waals surface area contributed by atoms with E-state index in [1.165, 1.54) is 4.88 Å². The molecule has 1 aliphatic rings. The van der Waals surface area contributed by atoms with E-state index in [1.807, 2.05) is 23.4 Å². The molecule has 5 nitrogen and oxygen atoms in total. The summed E-state index contributed by atoms with van der Waals surface area (Å²) in [4.78, 5) is 20.2. The normalized spacial score (nSPS) is 18.3. The molecule has 3 rings (SSSR count). The molecule has 0 saturated carbocycles. The quantitative estimate of drug-likeness (QED) is 0.845. The Kier molecular flexibility index (Phi) is 5.10. The van der Waals surface area contributed by atoms with Crippen molar-refractivity contribution in [3.8, 4) is 0 Å². The van der Waals surface area contributed by atoms with Crippen molar-refractivity contribution in [2.45, 2.75) is 52.0 Å². The lowest BCUT2D eigenvalue weighted by Gasteiger charge is -2.33. The first kappa shape index (κ1) is 16.2. The number of hydrogen-bond acceptors (Lipinski definition) is 4. The molecular formula is C17H24N4OS. The van der Waals surface area contributed by atoms with Crippen molar-refractivity contribution >= 4 is 17.2 Å². The Morgan fingerprint density at radius 3 is 3.00 bits per heavy atom. The maximum absolute atomic E-state index is 12.5. The number of hydrogen-bond donors (Lipinski definition) is 0. The van der Waals surface area contributed by atoms with Gasteiger partial charge in [0.2, 0.25) is 5.91 Å². The average molecular weight is 332 g/mol. The number of rotatable bonds is 5. The van der Waals surface area contributed by atoms with Crippen LogP contribution in [0.3, 0.4) is 0 Å². The standard InChI is InChI=1S/C17H24N4OS/c1-13-18-14(2)21(19-13)15-6-4-10-20(12-15)17(22)9-3-7-16-8-5-11-23-16/h5,8,11,15H,3-4,6-7,9-10,12H2,1-2H3. The van der Waals surface area contributed by atoms with Crippen LogP contribution in [0.15, 0.2) is 17.5 Å². The number of aromatic nitrogens is 3. The molecule has 1 atom stereocenters. The molecule has 1 amide bonds. The number of thiophene rings is 1. The van der Waals surface area contributed by atoms with Crippen LogP contribution in [0.2, 0.25) is 0 Å². The molecule has 0 radical (unpaired) electrons. The summed E-state index contributed by atoms with van der Waals surface area (Å²) in [5, 5.41) is 6.58. The Bertz CT molecular complexity index is 650. The Balaban J connectivity index is 1.53. The van der Waals surface area contributed by atoms with Crippen LogP contribution in [0.25, 0.3) is 0 Å². The Hall–Kier alpha value is -1.69. The molecule has 0 bridgehead atoms. The Labute approximate surface area is 141 Å². The first-order chi connectivity index (χ1) is 11.1. The summed E-state index contributed by atoms with van der Waals surface area (Å²) in [6.07, 6.45) is 4.69. The number of piperidine rings is 1. The first-order valence-electron chi connectivity index (χ1n) is 8.33. The van der Waals surface area contributed by atoms with Gasteiger partial charge in [0.25, 0.3) is 0 Å². The van der Waals surface area contributed by atoms with Gasteiger partial charge in [0.05, 0.1) is 6.04 Å². The van der Waals surface area contributed by atoms with Crippen molar-refractivity contribution in [1.82, 2.24) is 19.7 Å². The number of amides is 1. The van der Waals surface area contributed by atoms with Crippen molar-refractivity contribution in [3.63, 3.8) is 0 Å². The lowest BCUT2D eigenvalue weighted by atomic mass is 10.0. The predicted molar refractivity (Wildman–Crippen MR) is 91.6 cm³/mol. The number of aryl methyl sites for hydroxylation is 3. The van der Waals surface area contributed by atoms with Crippen LogP contribution in [-0.4, -0.2) is 38.7 Å². The third-order valence-corrected chi connectivity index (χ3v) is 5.33. The van der Waals surface area contributed by atoms with E-state index in [4.69, 9.17) is 0 Å². The highest BCUT2D eigenvalue weighted by molar-refractivity contribution is 7.09. The molecule has 6 heteroatoms. The van der Waals surface area contributed by atoms with E-state index in [0.29, 0.717) is 6.42 Å². The minimum absolute atomic E-state index is 0.270. The zero-order valence-electron chi connectivity index (χ0n) is 13.9. The Morgan fingerprint density at radius 2 is 2.30 bits per heavy atom. The molecule has 2 aromatic heterocycles. The minimum atomic E-state index is 0.270. The van der Waals surface area contributed by atoms with Gasteiger partial charge < -0.3 is 4.90 Å². The molecule has 0 aromatic carbocycles. The Morgan fingerprint density at radius 1 is 1.43 bits per heavy atom. The molecule has 0 N–H and O–H groups in total. The summed E-state index contributed by atoms with van der Waals surface area (Å²) in [5.41, 5.74) is 0. The molecule has 1 aliphatic heterocycles. The van der Waals surface area contributed by atoms with Crippen molar-refractivity contribution in [3.05, 3.63) is 34.0 Å². The molecular weight excluding hydrogens is 308 g/mol. The van der Waals surface area contributed by atoms with Crippen LogP contribution in [0.1, 0.15) is 48.3 Å². The van der Waals surface area contributed by atoms with Gasteiger partial charge in [-0.1, -0.05) is 6.07 Å². The fourth-order valence-electron chi connectivity index (χ4n) is 3.29. The molecule has 23 heavy (non-hydrogen) atoms. The maximum atomic E-state index is 12.5. The second kappa shape index (κ2) is 7.25. The van der Waals surface area contributed by atoms with Gasteiger partial charge in [-0.3, -0.25) is 4.79 Å². The van der Waals surface area contributed by atoms with E-state index in [-0.39, 0.29) is 11.9 Å². The summed E-state index contributed by atoms with van der Waals surface area (Å²) >= 11 is 1.77. The summed E-state index contributed by atoms with van der Waals surface area (Å²) < 4.78 is 2.00. The predicted octanol–water partition coefficient (Wildman–Crippen LogP) is 3.14. The van der Waals surface area contributed by atoms with Crippen LogP contribution < -0.4 is 0 Å². The average Bonchev–Trinajstić information content (AvgIpc) is 3.17. The van der Waals surface area contributed by atoms with Crippen molar-refractivity contribution in [2.75, 3.05) is 13.1 Å². The lowest BCUT2D eigenvalue weighted by Crippen LogP contribution is -2.41. The van der Waals surface area contributed by atoms with Gasteiger partial charge in [-0.2, -0.15) is 5.10 Å². The first-order valence-corrected chi connectivity index (χ1v) is 9.21. The van der Waals surface area contributed by atoms with Gasteiger partial charge in [0, 0.05) is 24.4 Å². The molecule has 1 fully saturated rings. The molecule has 0 aliphatic carbocycles. The van der Waals surface area contributed by atoms with Gasteiger partial charge in [-0.05, 0) is 51.0 Å². The summed E-state index contributed by atoms with van der Waals surface area (Å²) in [7, 11) is 0. The second-order valence-corrected chi connectivity index (χ2v) is 7.25. The van der Waals surface area contributed by atoms with Crippen LogP contribution >= 0.6 is 11.3 Å². The zero-order valence-corrected chi connectivity index (χ0v) is 14.7. The highest BCUT2D eigenvalue weighted by Gasteiger charge is 2.26. The maximum Gasteiger partial charge on any atom is 0.222 e. The fourth-order valence-corrected chi connectivity index (χ4v) is 4.04. The van der Waals surface area contributed by atoms with E-state index < -0.39 is 0 Å². The van der Waals surface area contributed by atoms with E-state index in [1.54, 1.807) is 11.3 Å². The number of nitrogens with zero attached hydrogens (tertiary/aromatic N) is 4. The monoisotopic (exact) mass is 332 g/mol. The summed E-state index contributed by atoms with van der Waals surface area (Å²) in [6.45, 7) is 5.55. The van der Waals surface area contributed by atoms with Gasteiger partial charge >= 0.3 is 0 Å². The number of carbonyl (C=O) groups excluding carboxylic acids is 1. The minimum Gasteiger partial charge on any atom is -0.341 e. The summed E-state index contributed by atoms with van der Waals surface area (Å²) in [6, 6.07) is 4.48. The van der Waals surface area contributed by atoms with Gasteiger partial charge in [-0.25, -0.2) is 9.67 Å². The van der Waals surface area contributed by atoms with Gasteiger partial charge in [0.1, 0.15) is 11.6 Å². The largest absolute Gasteiger partial charge is 0.341 e. The third kappa shape index (κ3) is 3.99. The van der Waals surface area contributed by atoms with Crippen LogP contribution in [0, 0.1) is 13.8 Å². The second-order valence-electron chi connectivity index (χ2n) is 6.22. The van der Waals surface area contributed by atoms with Crippen LogP contribution in [-0.2, 0) is 11.2 Å². The topological polar surface area (TPSA) is 51.0 Å². The highest BCUT2D eigenvalue weighted by Crippen LogP contribution is 2.23.